The predicted molar refractivity (Wildman–Crippen MR) is 93.3 cm³/mol. The van der Waals surface area contributed by atoms with Crippen LogP contribution in [0.15, 0.2) is 70.4 Å². The first-order valence-corrected chi connectivity index (χ1v) is 7.74. The van der Waals surface area contributed by atoms with Crippen LogP contribution < -0.4 is 16.4 Å². The van der Waals surface area contributed by atoms with Crippen LogP contribution in [0.2, 0.25) is 0 Å². The Bertz CT molecular complexity index is 993. The van der Waals surface area contributed by atoms with Crippen molar-refractivity contribution in [2.45, 2.75) is 6.54 Å². The molecular formula is C18H16N4O3. The Balaban J connectivity index is 1.69. The second kappa shape index (κ2) is 7.39. The second-order valence-electron chi connectivity index (χ2n) is 5.31. The molecule has 2 heterocycles. The van der Waals surface area contributed by atoms with E-state index in [9.17, 15) is 14.4 Å². The van der Waals surface area contributed by atoms with E-state index in [1.165, 1.54) is 23.0 Å². The smallest absolute Gasteiger partial charge is 0.266 e. The van der Waals surface area contributed by atoms with Crippen LogP contribution in [0.5, 0.6) is 0 Å². The highest BCUT2D eigenvalue weighted by molar-refractivity contribution is 5.93. The number of benzene rings is 1. The van der Waals surface area contributed by atoms with Crippen LogP contribution in [0.1, 0.15) is 10.4 Å². The SMILES string of the molecule is O=C(NCCn1nc(-c2ccccc2)ccc1=O)c1ccc[nH]c1=O. The number of aromatic amines is 1. The van der Waals surface area contributed by atoms with Gasteiger partial charge in [-0.25, -0.2) is 4.68 Å². The molecule has 3 aromatic rings. The molecule has 25 heavy (non-hydrogen) atoms. The Morgan fingerprint density at radius 1 is 1.04 bits per heavy atom. The molecule has 3 rings (SSSR count). The summed E-state index contributed by atoms with van der Waals surface area (Å²) >= 11 is 0. The van der Waals surface area contributed by atoms with Crippen LogP contribution in [-0.4, -0.2) is 27.2 Å². The van der Waals surface area contributed by atoms with Gasteiger partial charge in [0.1, 0.15) is 5.56 Å². The molecule has 0 saturated carbocycles. The van der Waals surface area contributed by atoms with Crippen LogP contribution in [0.4, 0.5) is 0 Å². The van der Waals surface area contributed by atoms with Crippen LogP contribution >= 0.6 is 0 Å². The summed E-state index contributed by atoms with van der Waals surface area (Å²) in [6.45, 7) is 0.383. The van der Waals surface area contributed by atoms with E-state index in [0.29, 0.717) is 5.69 Å². The molecule has 0 saturated heterocycles. The molecule has 126 valence electrons. The topological polar surface area (TPSA) is 96.8 Å². The fourth-order valence-corrected chi connectivity index (χ4v) is 2.34. The maximum absolute atomic E-state index is 12.0. The molecule has 7 heteroatoms. The van der Waals surface area contributed by atoms with E-state index >= 15 is 0 Å². The first-order chi connectivity index (χ1) is 12.1. The molecule has 2 aromatic heterocycles. The molecular weight excluding hydrogens is 320 g/mol. The predicted octanol–water partition coefficient (Wildman–Crippen LogP) is 1.03. The summed E-state index contributed by atoms with van der Waals surface area (Å²) < 4.78 is 1.29. The van der Waals surface area contributed by atoms with E-state index in [2.05, 4.69) is 15.4 Å². The molecule has 1 amide bonds. The normalized spacial score (nSPS) is 10.4. The Labute approximate surface area is 143 Å². The first-order valence-electron chi connectivity index (χ1n) is 7.74. The van der Waals surface area contributed by atoms with Gasteiger partial charge in [0.2, 0.25) is 0 Å². The summed E-state index contributed by atoms with van der Waals surface area (Å²) in [5.41, 5.74) is 0.885. The van der Waals surface area contributed by atoms with E-state index in [0.717, 1.165) is 5.56 Å². The van der Waals surface area contributed by atoms with Crippen molar-refractivity contribution in [3.8, 4) is 11.3 Å². The number of pyridine rings is 1. The Morgan fingerprint density at radius 2 is 1.84 bits per heavy atom. The third kappa shape index (κ3) is 3.89. The molecule has 7 nitrogen and oxygen atoms in total. The first kappa shape index (κ1) is 16.4. The minimum Gasteiger partial charge on any atom is -0.350 e. The highest BCUT2D eigenvalue weighted by Gasteiger charge is 2.09. The summed E-state index contributed by atoms with van der Waals surface area (Å²) in [5.74, 6) is -0.492. The van der Waals surface area contributed by atoms with Gasteiger partial charge < -0.3 is 10.3 Å². The molecule has 0 fully saturated rings. The van der Waals surface area contributed by atoms with E-state index in [4.69, 9.17) is 0 Å². The summed E-state index contributed by atoms with van der Waals surface area (Å²) in [5, 5.41) is 6.93. The lowest BCUT2D eigenvalue weighted by Gasteiger charge is -2.08. The quantitative estimate of drug-likeness (QED) is 0.727. The van der Waals surface area contributed by atoms with Crippen molar-refractivity contribution in [2.75, 3.05) is 6.54 Å². The third-order valence-corrected chi connectivity index (χ3v) is 3.61. The zero-order valence-corrected chi connectivity index (χ0v) is 13.3. The monoisotopic (exact) mass is 336 g/mol. The zero-order chi connectivity index (χ0) is 17.6. The van der Waals surface area contributed by atoms with Crippen LogP contribution in [0, 0.1) is 0 Å². The van der Waals surface area contributed by atoms with Crippen LogP contribution in [0.25, 0.3) is 11.3 Å². The molecule has 0 aliphatic rings. The number of carbonyl (C=O) groups excluding carboxylic acids is 1. The fourth-order valence-electron chi connectivity index (χ4n) is 2.34. The maximum Gasteiger partial charge on any atom is 0.266 e. The molecule has 0 aliphatic heterocycles. The lowest BCUT2D eigenvalue weighted by molar-refractivity contribution is 0.0950. The average Bonchev–Trinajstić information content (AvgIpc) is 2.64. The molecule has 0 aliphatic carbocycles. The number of carbonyl (C=O) groups is 1. The molecule has 0 radical (unpaired) electrons. The summed E-state index contributed by atoms with van der Waals surface area (Å²) in [7, 11) is 0. The van der Waals surface area contributed by atoms with Crippen molar-refractivity contribution in [1.29, 1.82) is 0 Å². The van der Waals surface area contributed by atoms with Gasteiger partial charge in [0.05, 0.1) is 12.2 Å². The minimum atomic E-state index is -0.492. The van der Waals surface area contributed by atoms with E-state index in [-0.39, 0.29) is 24.2 Å². The molecule has 0 spiro atoms. The van der Waals surface area contributed by atoms with E-state index in [1.54, 1.807) is 12.1 Å². The molecule has 0 bridgehead atoms. The Morgan fingerprint density at radius 3 is 2.60 bits per heavy atom. The summed E-state index contributed by atoms with van der Waals surface area (Å²) in [4.78, 5) is 37.9. The standard InChI is InChI=1S/C18H16N4O3/c23-16-9-8-15(13-5-2-1-3-6-13)21-22(16)12-11-20-18(25)14-7-4-10-19-17(14)24/h1-10H,11-12H2,(H,19,24)(H,20,25). The van der Waals surface area contributed by atoms with Crippen molar-refractivity contribution in [2.24, 2.45) is 0 Å². The van der Waals surface area contributed by atoms with E-state index in [1.807, 2.05) is 30.3 Å². The van der Waals surface area contributed by atoms with Gasteiger partial charge in [-0.15, -0.1) is 0 Å². The molecule has 0 atom stereocenters. The van der Waals surface area contributed by atoms with Gasteiger partial charge in [0, 0.05) is 24.4 Å². The fraction of sp³-hybridized carbons (Fsp3) is 0.111. The number of hydrogen-bond acceptors (Lipinski definition) is 4. The van der Waals surface area contributed by atoms with Crippen molar-refractivity contribution >= 4 is 5.91 Å². The van der Waals surface area contributed by atoms with Crippen molar-refractivity contribution < 1.29 is 4.79 Å². The van der Waals surface area contributed by atoms with Gasteiger partial charge in [0.25, 0.3) is 17.0 Å². The van der Waals surface area contributed by atoms with Crippen LogP contribution in [-0.2, 0) is 6.54 Å². The minimum absolute atomic E-state index is 0.0286. The summed E-state index contributed by atoms with van der Waals surface area (Å²) in [6, 6.07) is 15.6. The lowest BCUT2D eigenvalue weighted by atomic mass is 10.1. The van der Waals surface area contributed by atoms with Crippen LogP contribution in [0.3, 0.4) is 0 Å². The van der Waals surface area contributed by atoms with Gasteiger partial charge in [0.15, 0.2) is 0 Å². The highest BCUT2D eigenvalue weighted by Crippen LogP contribution is 2.13. The molecule has 0 unspecified atom stereocenters. The van der Waals surface area contributed by atoms with Gasteiger partial charge >= 0.3 is 0 Å². The van der Waals surface area contributed by atoms with Crippen molar-refractivity contribution in [3.05, 3.63) is 87.1 Å². The second-order valence-corrected chi connectivity index (χ2v) is 5.31. The van der Waals surface area contributed by atoms with Gasteiger partial charge in [-0.1, -0.05) is 30.3 Å². The maximum atomic E-state index is 12.0. The van der Waals surface area contributed by atoms with Gasteiger partial charge in [-0.3, -0.25) is 14.4 Å². The number of amides is 1. The third-order valence-electron chi connectivity index (χ3n) is 3.61. The summed E-state index contributed by atoms with van der Waals surface area (Å²) in [6.07, 6.45) is 1.46. The number of nitrogens with one attached hydrogen (secondary N) is 2. The molecule has 2 N–H and O–H groups in total. The Hall–Kier alpha value is -3.48. The van der Waals surface area contributed by atoms with Gasteiger partial charge in [-0.2, -0.15) is 5.10 Å². The number of hydrogen-bond donors (Lipinski definition) is 2. The lowest BCUT2D eigenvalue weighted by Crippen LogP contribution is -2.34. The van der Waals surface area contributed by atoms with Crippen molar-refractivity contribution in [3.63, 3.8) is 0 Å². The number of nitrogens with zero attached hydrogens (tertiary/aromatic N) is 2. The number of aromatic nitrogens is 3. The molecule has 1 aromatic carbocycles. The largest absolute Gasteiger partial charge is 0.350 e. The average molecular weight is 336 g/mol. The van der Waals surface area contributed by atoms with Gasteiger partial charge in [-0.05, 0) is 18.2 Å². The number of rotatable bonds is 5. The number of H-pyrrole nitrogens is 1. The highest BCUT2D eigenvalue weighted by atomic mass is 16.2. The van der Waals surface area contributed by atoms with E-state index < -0.39 is 11.5 Å². The Kier molecular flexibility index (Phi) is 4.84. The van der Waals surface area contributed by atoms with Crippen molar-refractivity contribution in [1.82, 2.24) is 20.1 Å². The zero-order valence-electron chi connectivity index (χ0n) is 13.3.